The molecule has 382 valence electrons. The maximum absolute atomic E-state index is 12.3. The van der Waals surface area contributed by atoms with Crippen molar-refractivity contribution in [1.29, 1.82) is 0 Å². The standard InChI is InChI=1S/C27H18Cl2O2S2.C15H11Cl2O.C12H8OS2.BF3.FH.Na.H2O.S2/c1-16-10-13-21(28)20(26(16)29)14-17-11-12-18(15-19(17)27(30)31)33-24-8-4-2-6-22(24)32-23-7-3-5-9-25(23)33;1-10-6-7-14(16)13(15(10)17)8-11-4-2-3-5-12(11)9-18;13-15-11-7-3-1-5-9(11)14-10-6-2-4-8-12(10)15;2-1(3)4;;;;1-2/h2-13,15H,14H2,1H3;2-7H,8H2,1H3;1-8H;;1H;;1H2;/q;-1;;;;+1;;/p-1. The van der Waals surface area contributed by atoms with E-state index in [-0.39, 0.29) is 56.2 Å². The van der Waals surface area contributed by atoms with Crippen LogP contribution >= 0.6 is 69.9 Å². The molecule has 8 aromatic rings. The average Bonchev–Trinajstić information content (AvgIpc) is 3.39. The molecule has 2 aliphatic rings. The van der Waals surface area contributed by atoms with E-state index in [1.165, 1.54) is 19.6 Å². The van der Waals surface area contributed by atoms with Gasteiger partial charge in [-0.3, -0.25) is 12.9 Å². The average molecular weight is 1210 g/mol. The number of hydrogen-bond acceptors (Lipinski definition) is 8. The smallest absolute Gasteiger partial charge is 1.00 e. The zero-order chi connectivity index (χ0) is 52.1. The first kappa shape index (κ1) is 65.7. The fourth-order valence-electron chi connectivity index (χ4n) is 7.45. The van der Waals surface area contributed by atoms with Gasteiger partial charge < -0.3 is 20.1 Å². The summed E-state index contributed by atoms with van der Waals surface area (Å²) in [6.07, 6.45) is 2.82. The summed E-state index contributed by atoms with van der Waals surface area (Å²) in [4.78, 5) is 33.1. The second-order valence-corrected chi connectivity index (χ2v) is 22.5. The Balaban J connectivity index is 0.000000299. The second-order valence-electron chi connectivity index (χ2n) is 15.4. The fourth-order valence-corrected chi connectivity index (χ4v) is 14.9. The Morgan fingerprint density at radius 1 is 0.627 bits per heavy atom. The van der Waals surface area contributed by atoms with Crippen molar-refractivity contribution >= 4 is 134 Å². The van der Waals surface area contributed by atoms with Crippen molar-refractivity contribution in [3.8, 4) is 0 Å². The molecule has 5 nitrogen and oxygen atoms in total. The third-order valence-electron chi connectivity index (χ3n) is 10.8. The van der Waals surface area contributed by atoms with Gasteiger partial charge in [0.1, 0.15) is 10.9 Å². The first-order valence-corrected chi connectivity index (χ1v) is 28.2. The minimum Gasteiger partial charge on any atom is -1.00 e. The van der Waals surface area contributed by atoms with Gasteiger partial charge in [0.2, 0.25) is 0 Å². The van der Waals surface area contributed by atoms with Gasteiger partial charge in [-0.25, -0.2) is 9.00 Å². The predicted octanol–water partition coefficient (Wildman–Crippen LogP) is 10.5. The van der Waals surface area contributed by atoms with Gasteiger partial charge in [-0.1, -0.05) is 143 Å². The van der Waals surface area contributed by atoms with Gasteiger partial charge in [0.15, 0.2) is 14.7 Å². The molecule has 2 heterocycles. The van der Waals surface area contributed by atoms with Crippen LogP contribution < -0.4 is 34.3 Å². The second kappa shape index (κ2) is 31.7. The molecular weight excluding hydrogens is 1170 g/mol. The minimum atomic E-state index is -3.67. The number of carbonyl (C=O) groups is 1. The minimum absolute atomic E-state index is 0. The maximum atomic E-state index is 12.3. The number of rotatable bonds is 7. The number of hydrogen-bond donors (Lipinski definition) is 1. The van der Waals surface area contributed by atoms with E-state index < -0.39 is 24.3 Å². The van der Waals surface area contributed by atoms with E-state index >= 15 is 0 Å². The van der Waals surface area contributed by atoms with Crippen LogP contribution in [0.2, 0.25) is 20.1 Å². The first-order chi connectivity index (χ1) is 34.7. The number of aromatic carboxylic acids is 1. The third kappa shape index (κ3) is 16.7. The van der Waals surface area contributed by atoms with E-state index in [9.17, 15) is 31.9 Å². The molecule has 2 N–H and O–H groups in total. The van der Waals surface area contributed by atoms with Crippen LogP contribution in [0.4, 0.5) is 12.9 Å². The molecular formula is C54H39BCl4F4NaO5S6-. The number of benzene rings is 8. The number of carbonyl (C=O) groups excluding carboxylic acids is 1. The molecule has 8 aromatic carbocycles. The summed E-state index contributed by atoms with van der Waals surface area (Å²) in [7, 11) is -5.07. The van der Waals surface area contributed by atoms with Crippen LogP contribution in [0.1, 0.15) is 49.3 Å². The van der Waals surface area contributed by atoms with E-state index in [4.69, 9.17) is 46.4 Å². The molecule has 0 unspecified atom stereocenters. The molecule has 0 spiro atoms. The van der Waals surface area contributed by atoms with E-state index in [1.54, 1.807) is 29.6 Å². The zero-order valence-electron chi connectivity index (χ0n) is 39.7. The molecule has 21 heteroatoms. The molecule has 75 heavy (non-hydrogen) atoms. The molecule has 0 fully saturated rings. The number of aryl methyl sites for hydroxylation is 2. The van der Waals surface area contributed by atoms with Gasteiger partial charge in [-0.2, -0.15) is 6.07 Å². The molecule has 0 saturated heterocycles. The summed E-state index contributed by atoms with van der Waals surface area (Å²) in [6, 6.07) is 52.9. The Kier molecular flexibility index (Phi) is 27.8. The van der Waals surface area contributed by atoms with Crippen molar-refractivity contribution in [2.24, 2.45) is 0 Å². The van der Waals surface area contributed by atoms with Crippen molar-refractivity contribution in [2.75, 3.05) is 0 Å². The molecule has 0 bridgehead atoms. The molecule has 10 rings (SSSR count). The van der Waals surface area contributed by atoms with E-state index in [2.05, 4.69) is 46.6 Å². The van der Waals surface area contributed by atoms with E-state index in [0.29, 0.717) is 44.1 Å². The van der Waals surface area contributed by atoms with Crippen LogP contribution in [0.3, 0.4) is 0 Å². The Labute approximate surface area is 499 Å². The van der Waals surface area contributed by atoms with Crippen molar-refractivity contribution in [1.82, 2.24) is 0 Å². The van der Waals surface area contributed by atoms with E-state index in [0.717, 1.165) is 52.3 Å². The molecule has 0 aromatic heterocycles. The Hall–Kier alpha value is -3.56. The Bertz CT molecular complexity index is 3200. The molecule has 0 aliphatic carbocycles. The van der Waals surface area contributed by atoms with Gasteiger partial charge in [0.05, 0.1) is 42.2 Å². The first-order valence-electron chi connectivity index (χ1n) is 21.3. The predicted molar refractivity (Wildman–Crippen MR) is 299 cm³/mol. The number of carboxylic acids is 1. The summed E-state index contributed by atoms with van der Waals surface area (Å²) < 4.78 is 41.2. The summed E-state index contributed by atoms with van der Waals surface area (Å²) in [6.45, 7) is 3.85. The van der Waals surface area contributed by atoms with Crippen LogP contribution in [0.15, 0.2) is 208 Å². The summed E-state index contributed by atoms with van der Waals surface area (Å²) in [5.74, 6) is -0.955. The quantitative estimate of drug-likeness (QED) is 0.0724. The number of carboxylic acid groups (broad SMARTS) is 1. The monoisotopic (exact) mass is 1210 g/mol. The Morgan fingerprint density at radius 2 is 1.03 bits per heavy atom. The SMILES string of the molecule is Cc1ccc(Cl)c(Cc2ccc([S+]3c4ccccc4Sc4ccccc43)cc2C(=O)O)c1Cl.Cc1ccc(Cl)c(Cc2ccccc2[C-]=O)c1Cl.FB(F)F.O=S1c2ccccc2Sc2ccccc21.S=S.[F-].[Na+].[OH-]. The molecule has 0 atom stereocenters. The van der Waals surface area contributed by atoms with Gasteiger partial charge >= 0.3 is 43.1 Å². The topological polar surface area (TPSA) is 101 Å². The zero-order valence-corrected chi connectivity index (χ0v) is 49.6. The fraction of sp³-hybridized carbons (Fsp3) is 0.0741. The molecule has 2 aliphatic heterocycles. The van der Waals surface area contributed by atoms with Crippen LogP contribution in [-0.2, 0) is 61.7 Å². The third-order valence-corrected chi connectivity index (χ3v) is 19.3. The van der Waals surface area contributed by atoms with Crippen molar-refractivity contribution < 1.29 is 71.6 Å². The van der Waals surface area contributed by atoms with Crippen molar-refractivity contribution in [3.05, 3.63) is 228 Å². The van der Waals surface area contributed by atoms with Gasteiger partial charge in [-0.05, 0) is 115 Å². The Morgan fingerprint density at radius 3 is 1.49 bits per heavy atom. The molecule has 0 saturated carbocycles. The van der Waals surface area contributed by atoms with Gasteiger partial charge in [0.25, 0.3) is 0 Å². The number of halogens is 8. The largest absolute Gasteiger partial charge is 1.00 e. The summed E-state index contributed by atoms with van der Waals surface area (Å²) in [5.41, 5.74) is 5.89. The number of fused-ring (bicyclic) bond motifs is 4. The van der Waals surface area contributed by atoms with Crippen LogP contribution in [-0.4, -0.2) is 34.6 Å². The summed E-state index contributed by atoms with van der Waals surface area (Å²) >= 11 is 36.1. The van der Waals surface area contributed by atoms with Crippen LogP contribution in [0.5, 0.6) is 0 Å². The maximum Gasteiger partial charge on any atom is 1.00 e. The van der Waals surface area contributed by atoms with E-state index in [1.807, 2.05) is 154 Å². The molecule has 0 radical (unpaired) electrons. The molecule has 0 amide bonds. The van der Waals surface area contributed by atoms with Gasteiger partial charge in [0, 0.05) is 64.7 Å². The summed E-state index contributed by atoms with van der Waals surface area (Å²) in [5, 5.41) is 12.5. The van der Waals surface area contributed by atoms with Crippen molar-refractivity contribution in [2.45, 2.75) is 70.7 Å². The van der Waals surface area contributed by atoms with Crippen LogP contribution in [0.25, 0.3) is 0 Å². The van der Waals surface area contributed by atoms with Crippen LogP contribution in [0, 0.1) is 13.8 Å². The normalized spacial score (nSPS) is 11.4. The van der Waals surface area contributed by atoms with Crippen molar-refractivity contribution in [3.63, 3.8) is 0 Å². The van der Waals surface area contributed by atoms with Gasteiger partial charge in [-0.15, -0.1) is 23.3 Å².